The lowest BCUT2D eigenvalue weighted by molar-refractivity contribution is -0.149. The summed E-state index contributed by atoms with van der Waals surface area (Å²) < 4.78 is 10.8. The molecule has 1 aromatic carbocycles. The number of ether oxygens (including phenoxy) is 2. The Labute approximate surface area is 113 Å². The Morgan fingerprint density at radius 3 is 3.00 bits per heavy atom. The number of benzene rings is 1. The first-order chi connectivity index (χ1) is 9.24. The van der Waals surface area contributed by atoms with Gasteiger partial charge in [-0.15, -0.1) is 0 Å². The molecule has 5 heteroatoms. The average Bonchev–Trinajstić information content (AvgIpc) is 2.43. The minimum absolute atomic E-state index is 0.0131. The van der Waals surface area contributed by atoms with Crippen LogP contribution in [-0.2, 0) is 16.1 Å². The summed E-state index contributed by atoms with van der Waals surface area (Å²) in [5.74, 6) is 0.816. The van der Waals surface area contributed by atoms with E-state index in [4.69, 9.17) is 15.2 Å². The van der Waals surface area contributed by atoms with Gasteiger partial charge in [0.25, 0.3) is 0 Å². The number of nitrogens with zero attached hydrogens (tertiary/aromatic N) is 1. The molecule has 1 saturated heterocycles. The second-order valence-electron chi connectivity index (χ2n) is 4.60. The molecular weight excluding hydrogens is 244 g/mol. The van der Waals surface area contributed by atoms with E-state index < -0.39 is 0 Å². The summed E-state index contributed by atoms with van der Waals surface area (Å²) in [7, 11) is 1.64. The molecule has 0 aromatic heterocycles. The van der Waals surface area contributed by atoms with Gasteiger partial charge in [-0.3, -0.25) is 4.79 Å². The number of hydrogen-bond donors (Lipinski definition) is 1. The molecule has 5 nitrogen and oxygen atoms in total. The lowest BCUT2D eigenvalue weighted by Crippen LogP contribution is -2.46. The SMILES string of the molecule is COc1ccccc1CN1CC(CCN)OCC1=O. The van der Waals surface area contributed by atoms with Crippen molar-refractivity contribution < 1.29 is 14.3 Å². The Balaban J connectivity index is 2.05. The molecule has 0 bridgehead atoms. The fourth-order valence-electron chi connectivity index (χ4n) is 2.23. The summed E-state index contributed by atoms with van der Waals surface area (Å²) in [6, 6.07) is 7.73. The number of hydrogen-bond acceptors (Lipinski definition) is 4. The number of nitrogens with two attached hydrogens (primary N) is 1. The van der Waals surface area contributed by atoms with Gasteiger partial charge in [0.05, 0.1) is 13.2 Å². The van der Waals surface area contributed by atoms with Crippen molar-refractivity contribution in [3.63, 3.8) is 0 Å². The van der Waals surface area contributed by atoms with E-state index in [9.17, 15) is 4.79 Å². The van der Waals surface area contributed by atoms with Crippen LogP contribution in [0.2, 0.25) is 0 Å². The summed E-state index contributed by atoms with van der Waals surface area (Å²) in [5, 5.41) is 0. The second kappa shape index (κ2) is 6.54. The molecule has 0 saturated carbocycles. The van der Waals surface area contributed by atoms with Gasteiger partial charge in [0.15, 0.2) is 0 Å². The third-order valence-electron chi connectivity index (χ3n) is 3.26. The molecule has 1 atom stereocenters. The monoisotopic (exact) mass is 264 g/mol. The first-order valence-electron chi connectivity index (χ1n) is 6.46. The van der Waals surface area contributed by atoms with Crippen LogP contribution in [0.4, 0.5) is 0 Å². The standard InChI is InChI=1S/C14H20N2O3/c1-18-13-5-3-2-4-11(13)8-16-9-12(6-7-15)19-10-14(16)17/h2-5,12H,6-10,15H2,1H3. The number of amides is 1. The van der Waals surface area contributed by atoms with Gasteiger partial charge >= 0.3 is 0 Å². The zero-order chi connectivity index (χ0) is 13.7. The van der Waals surface area contributed by atoms with E-state index in [1.165, 1.54) is 0 Å². The molecule has 1 aliphatic rings. The molecule has 1 heterocycles. The van der Waals surface area contributed by atoms with Crippen LogP contribution < -0.4 is 10.5 Å². The highest BCUT2D eigenvalue weighted by Gasteiger charge is 2.26. The molecule has 2 N–H and O–H groups in total. The number of rotatable bonds is 5. The van der Waals surface area contributed by atoms with Crippen LogP contribution in [0.15, 0.2) is 24.3 Å². The molecule has 0 spiro atoms. The molecule has 1 amide bonds. The maximum atomic E-state index is 11.9. The van der Waals surface area contributed by atoms with Gasteiger partial charge in [-0.25, -0.2) is 0 Å². The van der Waals surface area contributed by atoms with Crippen molar-refractivity contribution in [3.8, 4) is 5.75 Å². The van der Waals surface area contributed by atoms with E-state index in [2.05, 4.69) is 0 Å². The molecule has 104 valence electrons. The third kappa shape index (κ3) is 3.45. The fraction of sp³-hybridized carbons (Fsp3) is 0.500. The summed E-state index contributed by atoms with van der Waals surface area (Å²) in [6.07, 6.45) is 0.813. The Morgan fingerprint density at radius 2 is 2.26 bits per heavy atom. The van der Waals surface area contributed by atoms with Crippen LogP contribution in [0.3, 0.4) is 0 Å². The first-order valence-corrected chi connectivity index (χ1v) is 6.46. The smallest absolute Gasteiger partial charge is 0.248 e. The normalized spacial score (nSPS) is 19.6. The lowest BCUT2D eigenvalue weighted by atomic mass is 10.1. The van der Waals surface area contributed by atoms with E-state index in [-0.39, 0.29) is 18.6 Å². The lowest BCUT2D eigenvalue weighted by Gasteiger charge is -2.33. The van der Waals surface area contributed by atoms with Gasteiger partial charge in [0.1, 0.15) is 12.4 Å². The maximum Gasteiger partial charge on any atom is 0.248 e. The van der Waals surface area contributed by atoms with Crippen molar-refractivity contribution in [2.24, 2.45) is 5.73 Å². The van der Waals surface area contributed by atoms with Crippen LogP contribution >= 0.6 is 0 Å². The predicted octanol–water partition coefficient (Wildman–Crippen LogP) is 0.771. The third-order valence-corrected chi connectivity index (χ3v) is 3.26. The van der Waals surface area contributed by atoms with Crippen molar-refractivity contribution in [1.82, 2.24) is 4.90 Å². The fourth-order valence-corrected chi connectivity index (χ4v) is 2.23. The Bertz CT molecular complexity index is 436. The van der Waals surface area contributed by atoms with Gasteiger partial charge in [-0.2, -0.15) is 0 Å². The number of carbonyl (C=O) groups excluding carboxylic acids is 1. The van der Waals surface area contributed by atoms with E-state index in [1.54, 1.807) is 7.11 Å². The van der Waals surface area contributed by atoms with Gasteiger partial charge in [0.2, 0.25) is 5.91 Å². The Hall–Kier alpha value is -1.59. The maximum absolute atomic E-state index is 11.9. The zero-order valence-corrected chi connectivity index (χ0v) is 11.2. The molecule has 19 heavy (non-hydrogen) atoms. The van der Waals surface area contributed by atoms with Gasteiger partial charge in [0, 0.05) is 18.7 Å². The molecule has 2 rings (SSSR count). The molecule has 1 aromatic rings. The molecular formula is C14H20N2O3. The van der Waals surface area contributed by atoms with Crippen molar-refractivity contribution in [1.29, 1.82) is 0 Å². The minimum Gasteiger partial charge on any atom is -0.496 e. The molecule has 1 unspecified atom stereocenters. The molecule has 1 aliphatic heterocycles. The van der Waals surface area contributed by atoms with Crippen LogP contribution in [0.5, 0.6) is 5.75 Å². The summed E-state index contributed by atoms with van der Waals surface area (Å²) in [4.78, 5) is 13.7. The highest BCUT2D eigenvalue weighted by Crippen LogP contribution is 2.21. The minimum atomic E-state index is 0.0131. The average molecular weight is 264 g/mol. The number of methoxy groups -OCH3 is 1. The first kappa shape index (κ1) is 13.8. The van der Waals surface area contributed by atoms with Crippen molar-refractivity contribution in [3.05, 3.63) is 29.8 Å². The second-order valence-corrected chi connectivity index (χ2v) is 4.60. The topological polar surface area (TPSA) is 64.8 Å². The van der Waals surface area contributed by atoms with Crippen LogP contribution in [-0.4, -0.2) is 43.7 Å². The van der Waals surface area contributed by atoms with Gasteiger partial charge in [-0.1, -0.05) is 18.2 Å². The van der Waals surface area contributed by atoms with Gasteiger partial charge in [-0.05, 0) is 19.0 Å². The Morgan fingerprint density at radius 1 is 1.47 bits per heavy atom. The van der Waals surface area contributed by atoms with Crippen molar-refractivity contribution >= 4 is 5.91 Å². The number of morpholine rings is 1. The molecule has 0 radical (unpaired) electrons. The van der Waals surface area contributed by atoms with E-state index in [1.807, 2.05) is 29.2 Å². The van der Waals surface area contributed by atoms with E-state index >= 15 is 0 Å². The van der Waals surface area contributed by atoms with Crippen LogP contribution in [0, 0.1) is 0 Å². The Kier molecular flexibility index (Phi) is 4.76. The van der Waals surface area contributed by atoms with Crippen LogP contribution in [0.25, 0.3) is 0 Å². The summed E-state index contributed by atoms with van der Waals surface area (Å²) in [5.41, 5.74) is 6.54. The number of para-hydroxylation sites is 1. The van der Waals surface area contributed by atoms with Crippen LogP contribution in [0.1, 0.15) is 12.0 Å². The predicted molar refractivity (Wildman–Crippen MR) is 71.8 cm³/mol. The summed E-state index contributed by atoms with van der Waals surface area (Å²) in [6.45, 7) is 1.85. The van der Waals surface area contributed by atoms with E-state index in [0.29, 0.717) is 19.6 Å². The van der Waals surface area contributed by atoms with Crippen molar-refractivity contribution in [2.75, 3.05) is 26.8 Å². The summed E-state index contributed by atoms with van der Waals surface area (Å²) >= 11 is 0. The quantitative estimate of drug-likeness (QED) is 0.853. The molecule has 0 aliphatic carbocycles. The van der Waals surface area contributed by atoms with E-state index in [0.717, 1.165) is 17.7 Å². The highest BCUT2D eigenvalue weighted by molar-refractivity contribution is 5.78. The number of carbonyl (C=O) groups is 1. The van der Waals surface area contributed by atoms with Crippen molar-refractivity contribution in [2.45, 2.75) is 19.1 Å². The zero-order valence-electron chi connectivity index (χ0n) is 11.2. The highest BCUT2D eigenvalue weighted by atomic mass is 16.5. The molecule has 1 fully saturated rings. The largest absolute Gasteiger partial charge is 0.496 e. The van der Waals surface area contributed by atoms with Gasteiger partial charge < -0.3 is 20.1 Å².